The standard InChI is InChI=1S/C15H21F3N4OS/c16-15(17,18)11-4-2-1-3-10(11)13(23)19-7-8-22-12(9-5-6-9)20-21-14(22)24/h9-11H,1-8H2,(H,19,23)(H,21,24)/t10-,11+/m0/s1. The highest BCUT2D eigenvalue weighted by Crippen LogP contribution is 2.41. The van der Waals surface area contributed by atoms with Gasteiger partial charge in [-0.1, -0.05) is 12.8 Å². The quantitative estimate of drug-likeness (QED) is 0.790. The van der Waals surface area contributed by atoms with Crippen molar-refractivity contribution in [3.63, 3.8) is 0 Å². The number of hydrogen-bond donors (Lipinski definition) is 2. The van der Waals surface area contributed by atoms with Crippen LogP contribution in [0.4, 0.5) is 13.2 Å². The third-order valence-electron chi connectivity index (χ3n) is 4.89. The van der Waals surface area contributed by atoms with Gasteiger partial charge in [0.2, 0.25) is 5.91 Å². The molecule has 0 aromatic carbocycles. The van der Waals surface area contributed by atoms with E-state index in [0.29, 0.717) is 36.5 Å². The smallest absolute Gasteiger partial charge is 0.354 e. The van der Waals surface area contributed by atoms with Crippen molar-refractivity contribution in [2.45, 2.75) is 57.2 Å². The van der Waals surface area contributed by atoms with Crippen molar-refractivity contribution in [1.82, 2.24) is 20.1 Å². The Morgan fingerprint density at radius 2 is 2.00 bits per heavy atom. The largest absolute Gasteiger partial charge is 0.392 e. The molecule has 0 radical (unpaired) electrons. The minimum absolute atomic E-state index is 0.0419. The van der Waals surface area contributed by atoms with Crippen LogP contribution < -0.4 is 5.32 Å². The van der Waals surface area contributed by atoms with Gasteiger partial charge in [0.05, 0.1) is 5.92 Å². The number of amides is 1. The monoisotopic (exact) mass is 362 g/mol. The van der Waals surface area contributed by atoms with E-state index in [-0.39, 0.29) is 13.0 Å². The van der Waals surface area contributed by atoms with Gasteiger partial charge in [0.15, 0.2) is 4.77 Å². The molecule has 2 N–H and O–H groups in total. The summed E-state index contributed by atoms with van der Waals surface area (Å²) in [6.45, 7) is 0.684. The van der Waals surface area contributed by atoms with Crippen LogP contribution in [0.2, 0.25) is 0 Å². The Morgan fingerprint density at radius 1 is 1.29 bits per heavy atom. The second-order valence-electron chi connectivity index (χ2n) is 6.64. The second-order valence-corrected chi connectivity index (χ2v) is 7.03. The van der Waals surface area contributed by atoms with Gasteiger partial charge >= 0.3 is 6.18 Å². The molecule has 2 aliphatic carbocycles. The Hall–Kier alpha value is -1.38. The SMILES string of the molecule is O=C(NCCn1c(C2CC2)n[nH]c1=S)[C@H]1CCCC[C@H]1C(F)(F)F. The molecule has 0 aliphatic heterocycles. The van der Waals surface area contributed by atoms with Gasteiger partial charge in [-0.15, -0.1) is 0 Å². The maximum atomic E-state index is 13.1. The zero-order valence-electron chi connectivity index (χ0n) is 13.2. The van der Waals surface area contributed by atoms with E-state index in [0.717, 1.165) is 18.7 Å². The average Bonchev–Trinajstić information content (AvgIpc) is 3.31. The van der Waals surface area contributed by atoms with Gasteiger partial charge in [0, 0.05) is 24.9 Å². The van der Waals surface area contributed by atoms with Crippen molar-refractivity contribution >= 4 is 18.1 Å². The van der Waals surface area contributed by atoms with Gasteiger partial charge in [0.1, 0.15) is 5.82 Å². The summed E-state index contributed by atoms with van der Waals surface area (Å²) in [4.78, 5) is 12.2. The van der Waals surface area contributed by atoms with Crippen LogP contribution >= 0.6 is 12.2 Å². The van der Waals surface area contributed by atoms with E-state index in [4.69, 9.17) is 12.2 Å². The first-order valence-electron chi connectivity index (χ1n) is 8.37. The molecule has 2 aliphatic rings. The number of alkyl halides is 3. The fourth-order valence-corrected chi connectivity index (χ4v) is 3.69. The van der Waals surface area contributed by atoms with Gasteiger partial charge in [-0.3, -0.25) is 9.89 Å². The minimum atomic E-state index is -4.31. The van der Waals surface area contributed by atoms with Crippen LogP contribution in [0.25, 0.3) is 0 Å². The van der Waals surface area contributed by atoms with Crippen LogP contribution in [0.5, 0.6) is 0 Å². The molecule has 0 unspecified atom stereocenters. The van der Waals surface area contributed by atoms with E-state index < -0.39 is 23.9 Å². The lowest BCUT2D eigenvalue weighted by molar-refractivity contribution is -0.198. The molecule has 1 aromatic heterocycles. The highest BCUT2D eigenvalue weighted by atomic mass is 32.1. The predicted molar refractivity (Wildman–Crippen MR) is 83.9 cm³/mol. The number of nitrogens with one attached hydrogen (secondary N) is 2. The summed E-state index contributed by atoms with van der Waals surface area (Å²) < 4.78 is 41.6. The Bertz CT molecular complexity index is 650. The molecular formula is C15H21F3N4OS. The first-order valence-corrected chi connectivity index (χ1v) is 8.78. The van der Waals surface area contributed by atoms with Gasteiger partial charge < -0.3 is 9.88 Å². The van der Waals surface area contributed by atoms with Crippen LogP contribution in [0, 0.1) is 16.6 Å². The normalized spacial score (nSPS) is 24.8. The van der Waals surface area contributed by atoms with Crippen LogP contribution in [0.3, 0.4) is 0 Å². The summed E-state index contributed by atoms with van der Waals surface area (Å²) in [5.41, 5.74) is 0. The molecule has 2 atom stereocenters. The first-order chi connectivity index (χ1) is 11.4. The Kier molecular flexibility index (Phi) is 4.98. The third kappa shape index (κ3) is 3.81. The Morgan fingerprint density at radius 3 is 2.67 bits per heavy atom. The number of aromatic nitrogens is 3. The van der Waals surface area contributed by atoms with Crippen LogP contribution in [-0.2, 0) is 11.3 Å². The lowest BCUT2D eigenvalue weighted by atomic mass is 9.78. The van der Waals surface area contributed by atoms with Crippen LogP contribution in [0.15, 0.2) is 0 Å². The molecule has 1 aromatic rings. The van der Waals surface area contributed by atoms with Gasteiger partial charge in [-0.25, -0.2) is 0 Å². The molecular weight excluding hydrogens is 341 g/mol. The lowest BCUT2D eigenvalue weighted by Crippen LogP contribution is -2.43. The molecule has 134 valence electrons. The number of rotatable bonds is 5. The minimum Gasteiger partial charge on any atom is -0.354 e. The summed E-state index contributed by atoms with van der Waals surface area (Å²) in [7, 11) is 0. The van der Waals surface area contributed by atoms with E-state index >= 15 is 0 Å². The summed E-state index contributed by atoms with van der Waals surface area (Å²) in [5.74, 6) is -1.72. The molecule has 3 rings (SSSR count). The zero-order valence-corrected chi connectivity index (χ0v) is 14.1. The van der Waals surface area contributed by atoms with Gasteiger partial charge in [0.25, 0.3) is 0 Å². The van der Waals surface area contributed by atoms with Crippen molar-refractivity contribution in [3.05, 3.63) is 10.6 Å². The number of nitrogens with zero attached hydrogens (tertiary/aromatic N) is 2. The van der Waals surface area contributed by atoms with Crippen LogP contribution in [-0.4, -0.2) is 33.4 Å². The van der Waals surface area contributed by atoms with Crippen molar-refractivity contribution < 1.29 is 18.0 Å². The summed E-state index contributed by atoms with van der Waals surface area (Å²) in [6.07, 6.45) is -0.627. The average molecular weight is 362 g/mol. The van der Waals surface area contributed by atoms with E-state index in [2.05, 4.69) is 15.5 Å². The number of H-pyrrole nitrogens is 1. The van der Waals surface area contributed by atoms with E-state index in [9.17, 15) is 18.0 Å². The number of halogens is 3. The first kappa shape index (κ1) is 17.4. The summed E-state index contributed by atoms with van der Waals surface area (Å²) in [6, 6.07) is 0. The molecule has 5 nitrogen and oxygen atoms in total. The van der Waals surface area contributed by atoms with Crippen LogP contribution in [0.1, 0.15) is 50.3 Å². The fourth-order valence-electron chi connectivity index (χ4n) is 3.46. The molecule has 0 saturated heterocycles. The lowest BCUT2D eigenvalue weighted by Gasteiger charge is -2.32. The highest BCUT2D eigenvalue weighted by Gasteiger charge is 2.47. The Balaban J connectivity index is 1.57. The topological polar surface area (TPSA) is 62.7 Å². The van der Waals surface area contributed by atoms with Gasteiger partial charge in [-0.05, 0) is 37.9 Å². The fraction of sp³-hybridized carbons (Fsp3) is 0.800. The maximum absolute atomic E-state index is 13.1. The number of carbonyl (C=O) groups excluding carboxylic acids is 1. The number of hydrogen-bond acceptors (Lipinski definition) is 3. The maximum Gasteiger partial charge on any atom is 0.392 e. The van der Waals surface area contributed by atoms with Gasteiger partial charge in [-0.2, -0.15) is 18.3 Å². The van der Waals surface area contributed by atoms with E-state index in [1.807, 2.05) is 4.57 Å². The summed E-state index contributed by atoms with van der Waals surface area (Å²) >= 11 is 5.18. The molecule has 9 heteroatoms. The number of carbonyl (C=O) groups is 1. The van der Waals surface area contributed by atoms with Crippen molar-refractivity contribution in [1.29, 1.82) is 0 Å². The second kappa shape index (κ2) is 6.85. The summed E-state index contributed by atoms with van der Waals surface area (Å²) in [5, 5.41) is 9.59. The molecule has 1 heterocycles. The van der Waals surface area contributed by atoms with Crippen molar-refractivity contribution in [2.75, 3.05) is 6.54 Å². The number of aromatic amines is 1. The van der Waals surface area contributed by atoms with Crippen molar-refractivity contribution in [2.24, 2.45) is 11.8 Å². The predicted octanol–water partition coefficient (Wildman–Crippen LogP) is 3.30. The molecule has 1 amide bonds. The Labute approximate surface area is 143 Å². The molecule has 0 spiro atoms. The molecule has 24 heavy (non-hydrogen) atoms. The third-order valence-corrected chi connectivity index (χ3v) is 5.20. The zero-order chi connectivity index (χ0) is 17.3. The van der Waals surface area contributed by atoms with E-state index in [1.165, 1.54) is 0 Å². The van der Waals surface area contributed by atoms with Crippen molar-refractivity contribution in [3.8, 4) is 0 Å². The van der Waals surface area contributed by atoms with E-state index in [1.54, 1.807) is 0 Å². The molecule has 2 saturated carbocycles. The highest BCUT2D eigenvalue weighted by molar-refractivity contribution is 7.71. The molecule has 2 fully saturated rings. The molecule has 0 bridgehead atoms.